The molecule has 1 aromatic rings. The Hall–Kier alpha value is -0.340. The minimum atomic E-state index is -0.103. The molecular formula is C12H17BrO. The summed E-state index contributed by atoms with van der Waals surface area (Å²) in [4.78, 5) is 0. The Labute approximate surface area is 94.6 Å². The summed E-state index contributed by atoms with van der Waals surface area (Å²) in [5, 5.41) is 0.828. The van der Waals surface area contributed by atoms with Crippen LogP contribution >= 0.6 is 15.9 Å². The van der Waals surface area contributed by atoms with Crippen molar-refractivity contribution in [2.75, 3.05) is 5.33 Å². The number of hydrogen-bond donors (Lipinski definition) is 0. The molecule has 0 fully saturated rings. The van der Waals surface area contributed by atoms with Crippen molar-refractivity contribution in [3.05, 3.63) is 35.9 Å². The number of alkyl halides is 1. The topological polar surface area (TPSA) is 9.23 Å². The van der Waals surface area contributed by atoms with Gasteiger partial charge in [-0.1, -0.05) is 46.3 Å². The van der Waals surface area contributed by atoms with E-state index in [-0.39, 0.29) is 11.7 Å². The molecule has 78 valence electrons. The molecule has 0 aliphatic carbocycles. The van der Waals surface area contributed by atoms with Gasteiger partial charge >= 0.3 is 0 Å². The van der Waals surface area contributed by atoms with Crippen LogP contribution in [-0.2, 0) is 4.74 Å². The van der Waals surface area contributed by atoms with Crippen molar-refractivity contribution in [3.8, 4) is 0 Å². The average molecular weight is 257 g/mol. The van der Waals surface area contributed by atoms with E-state index in [9.17, 15) is 0 Å². The lowest BCUT2D eigenvalue weighted by atomic mass is 10.1. The highest BCUT2D eigenvalue weighted by Crippen LogP contribution is 2.25. The van der Waals surface area contributed by atoms with Crippen molar-refractivity contribution in [3.63, 3.8) is 0 Å². The Morgan fingerprint density at radius 2 is 1.79 bits per heavy atom. The lowest BCUT2D eigenvalue weighted by Crippen LogP contribution is -2.23. The van der Waals surface area contributed by atoms with E-state index in [1.54, 1.807) is 0 Å². The minimum absolute atomic E-state index is 0.103. The van der Waals surface area contributed by atoms with Crippen LogP contribution < -0.4 is 0 Å². The van der Waals surface area contributed by atoms with Crippen molar-refractivity contribution in [1.29, 1.82) is 0 Å². The third kappa shape index (κ3) is 3.81. The van der Waals surface area contributed by atoms with Crippen LogP contribution in [-0.4, -0.2) is 10.9 Å². The SMILES string of the molecule is CC(C)(C)OC(CBr)c1ccccc1. The Morgan fingerprint density at radius 1 is 1.21 bits per heavy atom. The Kier molecular flexibility index (Phi) is 4.14. The summed E-state index contributed by atoms with van der Waals surface area (Å²) >= 11 is 3.48. The molecule has 0 radical (unpaired) electrons. The first-order chi connectivity index (χ1) is 6.53. The van der Waals surface area contributed by atoms with Crippen LogP contribution in [0.5, 0.6) is 0 Å². The minimum Gasteiger partial charge on any atom is -0.367 e. The largest absolute Gasteiger partial charge is 0.367 e. The molecule has 1 atom stereocenters. The third-order valence-corrected chi connectivity index (χ3v) is 2.40. The summed E-state index contributed by atoms with van der Waals surface area (Å²) in [6, 6.07) is 10.3. The van der Waals surface area contributed by atoms with Gasteiger partial charge in [-0.15, -0.1) is 0 Å². The quantitative estimate of drug-likeness (QED) is 0.745. The van der Waals surface area contributed by atoms with Crippen molar-refractivity contribution >= 4 is 15.9 Å². The fraction of sp³-hybridized carbons (Fsp3) is 0.500. The van der Waals surface area contributed by atoms with Gasteiger partial charge in [0, 0.05) is 5.33 Å². The lowest BCUT2D eigenvalue weighted by Gasteiger charge is -2.26. The maximum atomic E-state index is 5.93. The molecule has 0 bridgehead atoms. The van der Waals surface area contributed by atoms with Crippen molar-refractivity contribution in [2.24, 2.45) is 0 Å². The second kappa shape index (κ2) is 4.94. The predicted molar refractivity (Wildman–Crippen MR) is 63.8 cm³/mol. The standard InChI is InChI=1S/C12H17BrO/c1-12(2,3)14-11(9-13)10-7-5-4-6-8-10/h4-8,11H,9H2,1-3H3. The number of benzene rings is 1. The van der Waals surface area contributed by atoms with Gasteiger partial charge in [0.25, 0.3) is 0 Å². The van der Waals surface area contributed by atoms with Crippen molar-refractivity contribution < 1.29 is 4.74 Å². The molecule has 1 unspecified atom stereocenters. The monoisotopic (exact) mass is 256 g/mol. The van der Waals surface area contributed by atoms with Gasteiger partial charge in [0.05, 0.1) is 11.7 Å². The molecule has 0 spiro atoms. The molecule has 0 saturated heterocycles. The van der Waals surface area contributed by atoms with Gasteiger partial charge in [-0.2, -0.15) is 0 Å². The summed E-state index contributed by atoms with van der Waals surface area (Å²) in [6.07, 6.45) is 0.135. The Bertz CT molecular complexity index is 263. The normalized spacial score (nSPS) is 14.0. The van der Waals surface area contributed by atoms with Gasteiger partial charge < -0.3 is 4.74 Å². The van der Waals surface area contributed by atoms with Gasteiger partial charge in [-0.05, 0) is 26.3 Å². The fourth-order valence-corrected chi connectivity index (χ4v) is 1.79. The van der Waals surface area contributed by atoms with E-state index in [1.807, 2.05) is 18.2 Å². The molecule has 0 heterocycles. The molecule has 1 aromatic carbocycles. The highest BCUT2D eigenvalue weighted by Gasteiger charge is 2.18. The summed E-state index contributed by atoms with van der Waals surface area (Å²) in [7, 11) is 0. The van der Waals surface area contributed by atoms with E-state index in [2.05, 4.69) is 48.8 Å². The number of rotatable bonds is 3. The van der Waals surface area contributed by atoms with Gasteiger partial charge in [-0.25, -0.2) is 0 Å². The van der Waals surface area contributed by atoms with Crippen molar-refractivity contribution in [1.82, 2.24) is 0 Å². The van der Waals surface area contributed by atoms with Crippen LogP contribution in [0.4, 0.5) is 0 Å². The molecule has 0 aliphatic rings. The van der Waals surface area contributed by atoms with E-state index in [4.69, 9.17) is 4.74 Å². The molecule has 1 nitrogen and oxygen atoms in total. The van der Waals surface area contributed by atoms with Crippen LogP contribution in [0.15, 0.2) is 30.3 Å². The Morgan fingerprint density at radius 3 is 2.21 bits per heavy atom. The average Bonchev–Trinajstić information content (AvgIpc) is 2.14. The predicted octanol–water partition coefficient (Wildman–Crippen LogP) is 3.94. The molecule has 0 N–H and O–H groups in total. The lowest BCUT2D eigenvalue weighted by molar-refractivity contribution is -0.0501. The van der Waals surface area contributed by atoms with Crippen molar-refractivity contribution in [2.45, 2.75) is 32.5 Å². The Balaban J connectivity index is 2.73. The maximum Gasteiger partial charge on any atom is 0.0928 e. The van der Waals surface area contributed by atoms with Crippen LogP contribution in [0, 0.1) is 0 Å². The molecule has 14 heavy (non-hydrogen) atoms. The first kappa shape index (κ1) is 11.7. The summed E-state index contributed by atoms with van der Waals surface area (Å²) in [6.45, 7) is 6.22. The molecule has 0 aliphatic heterocycles. The zero-order valence-electron chi connectivity index (χ0n) is 8.96. The molecular weight excluding hydrogens is 240 g/mol. The first-order valence-electron chi connectivity index (χ1n) is 4.81. The number of halogens is 1. The molecule has 0 aromatic heterocycles. The fourth-order valence-electron chi connectivity index (χ4n) is 1.28. The maximum absolute atomic E-state index is 5.93. The third-order valence-electron chi connectivity index (χ3n) is 1.81. The van der Waals surface area contributed by atoms with E-state index in [0.717, 1.165) is 5.33 Å². The zero-order valence-corrected chi connectivity index (χ0v) is 10.5. The number of ether oxygens (including phenoxy) is 1. The van der Waals surface area contributed by atoms with Gasteiger partial charge in [0.1, 0.15) is 0 Å². The van der Waals surface area contributed by atoms with E-state index >= 15 is 0 Å². The van der Waals surface area contributed by atoms with Gasteiger partial charge in [0.2, 0.25) is 0 Å². The highest BCUT2D eigenvalue weighted by atomic mass is 79.9. The first-order valence-corrected chi connectivity index (χ1v) is 5.94. The van der Waals surface area contributed by atoms with E-state index < -0.39 is 0 Å². The summed E-state index contributed by atoms with van der Waals surface area (Å²) < 4.78 is 5.93. The molecule has 2 heteroatoms. The number of hydrogen-bond acceptors (Lipinski definition) is 1. The zero-order chi connectivity index (χ0) is 10.6. The van der Waals surface area contributed by atoms with Gasteiger partial charge in [0.15, 0.2) is 0 Å². The molecule has 1 rings (SSSR count). The van der Waals surface area contributed by atoms with Gasteiger partial charge in [-0.3, -0.25) is 0 Å². The highest BCUT2D eigenvalue weighted by molar-refractivity contribution is 9.09. The van der Waals surface area contributed by atoms with E-state index in [1.165, 1.54) is 5.56 Å². The van der Waals surface area contributed by atoms with Crippen LogP contribution in [0.25, 0.3) is 0 Å². The second-order valence-electron chi connectivity index (χ2n) is 4.28. The molecule has 0 amide bonds. The van der Waals surface area contributed by atoms with Crippen LogP contribution in [0.2, 0.25) is 0 Å². The molecule has 0 saturated carbocycles. The van der Waals surface area contributed by atoms with Crippen LogP contribution in [0.3, 0.4) is 0 Å². The second-order valence-corrected chi connectivity index (χ2v) is 4.93. The smallest absolute Gasteiger partial charge is 0.0928 e. The van der Waals surface area contributed by atoms with E-state index in [0.29, 0.717) is 0 Å². The van der Waals surface area contributed by atoms with Crippen LogP contribution in [0.1, 0.15) is 32.4 Å². The summed E-state index contributed by atoms with van der Waals surface area (Å²) in [5.74, 6) is 0. The summed E-state index contributed by atoms with van der Waals surface area (Å²) in [5.41, 5.74) is 1.12.